The fraction of sp³-hybridized carbons (Fsp3) is 0.100. The molecule has 0 saturated heterocycles. The Bertz CT molecular complexity index is 1700. The van der Waals surface area contributed by atoms with Crippen molar-refractivity contribution in [2.75, 3.05) is 24.0 Å². The number of para-hydroxylation sites is 2. The molecule has 0 heterocycles. The quantitative estimate of drug-likeness (QED) is 0.171. The van der Waals surface area contributed by atoms with Gasteiger partial charge < -0.3 is 19.3 Å². The average Bonchev–Trinajstić information content (AvgIpc) is 3.08. The third kappa shape index (κ3) is 5.88. The molecule has 0 atom stereocenters. The van der Waals surface area contributed by atoms with Crippen LogP contribution in [-0.2, 0) is 0 Å². The smallest absolute Gasteiger partial charge is 0.119 e. The first kappa shape index (κ1) is 28.6. The molecule has 4 heteroatoms. The van der Waals surface area contributed by atoms with Crippen molar-refractivity contribution in [3.05, 3.63) is 157 Å². The zero-order valence-corrected chi connectivity index (χ0v) is 25.6. The summed E-state index contributed by atoms with van der Waals surface area (Å²) in [6, 6.07) is 50.9. The van der Waals surface area contributed by atoms with Crippen molar-refractivity contribution in [2.24, 2.45) is 0 Å². The summed E-state index contributed by atoms with van der Waals surface area (Å²) in [5.74, 6) is 1.71. The van der Waals surface area contributed by atoms with Gasteiger partial charge >= 0.3 is 0 Å². The van der Waals surface area contributed by atoms with Gasteiger partial charge in [0.1, 0.15) is 11.5 Å². The van der Waals surface area contributed by atoms with E-state index in [4.69, 9.17) is 9.47 Å². The summed E-state index contributed by atoms with van der Waals surface area (Å²) in [5, 5.41) is 0. The minimum atomic E-state index is 0.853. The molecule has 0 aromatic heterocycles. The van der Waals surface area contributed by atoms with Crippen LogP contribution in [0.5, 0.6) is 11.5 Å². The summed E-state index contributed by atoms with van der Waals surface area (Å²) in [4.78, 5) is 4.58. The Kier molecular flexibility index (Phi) is 8.33. The molecule has 0 spiro atoms. The Morgan fingerprint density at radius 3 is 1.05 bits per heavy atom. The van der Waals surface area contributed by atoms with Gasteiger partial charge in [0.2, 0.25) is 0 Å². The molecule has 218 valence electrons. The van der Waals surface area contributed by atoms with Gasteiger partial charge in [0.05, 0.1) is 14.2 Å². The minimum Gasteiger partial charge on any atom is -0.497 e. The van der Waals surface area contributed by atoms with Crippen LogP contribution in [0.15, 0.2) is 146 Å². The summed E-state index contributed by atoms with van der Waals surface area (Å²) in [6.07, 6.45) is 0. The minimum absolute atomic E-state index is 0.853. The van der Waals surface area contributed by atoms with E-state index in [1.165, 1.54) is 0 Å². The molecule has 6 rings (SSSR count). The van der Waals surface area contributed by atoms with Crippen LogP contribution in [0, 0.1) is 13.8 Å². The number of hydrogen-bond donors (Lipinski definition) is 0. The van der Waals surface area contributed by atoms with Gasteiger partial charge in [0, 0.05) is 34.1 Å². The van der Waals surface area contributed by atoms with Crippen LogP contribution in [0.4, 0.5) is 34.1 Å². The zero-order valence-electron chi connectivity index (χ0n) is 25.6. The van der Waals surface area contributed by atoms with Gasteiger partial charge in [-0.25, -0.2) is 0 Å². The van der Waals surface area contributed by atoms with E-state index in [1.54, 1.807) is 14.2 Å². The van der Waals surface area contributed by atoms with Crippen molar-refractivity contribution in [1.82, 2.24) is 0 Å². The van der Waals surface area contributed by atoms with E-state index in [9.17, 15) is 0 Å². The zero-order chi connectivity index (χ0) is 30.5. The van der Waals surface area contributed by atoms with Crippen LogP contribution in [0.25, 0.3) is 11.1 Å². The first-order chi connectivity index (χ1) is 21.6. The molecule has 0 aliphatic heterocycles. The highest BCUT2D eigenvalue weighted by Gasteiger charge is 2.17. The van der Waals surface area contributed by atoms with Gasteiger partial charge in [-0.3, -0.25) is 0 Å². The largest absolute Gasteiger partial charge is 0.497 e. The first-order valence-electron chi connectivity index (χ1n) is 14.8. The normalized spacial score (nSPS) is 10.7. The fourth-order valence-corrected chi connectivity index (χ4v) is 5.63. The van der Waals surface area contributed by atoms with Crippen molar-refractivity contribution >= 4 is 34.1 Å². The van der Waals surface area contributed by atoms with Gasteiger partial charge in [-0.05, 0) is 121 Å². The van der Waals surface area contributed by atoms with Crippen LogP contribution < -0.4 is 19.3 Å². The molecule has 4 nitrogen and oxygen atoms in total. The molecule has 6 aromatic carbocycles. The van der Waals surface area contributed by atoms with E-state index in [-0.39, 0.29) is 0 Å². The molecule has 0 amide bonds. The van der Waals surface area contributed by atoms with Gasteiger partial charge in [-0.2, -0.15) is 0 Å². The molecular formula is C40H36N2O2. The molecule has 0 saturated carbocycles. The maximum absolute atomic E-state index is 5.47. The second-order valence-corrected chi connectivity index (χ2v) is 10.7. The van der Waals surface area contributed by atoms with Crippen LogP contribution in [0.1, 0.15) is 11.1 Å². The topological polar surface area (TPSA) is 24.9 Å². The van der Waals surface area contributed by atoms with Crippen LogP contribution in [-0.4, -0.2) is 14.2 Å². The number of nitrogens with zero attached hydrogens (tertiary/aromatic N) is 2. The van der Waals surface area contributed by atoms with E-state index >= 15 is 0 Å². The van der Waals surface area contributed by atoms with Gasteiger partial charge in [-0.15, -0.1) is 0 Å². The molecule has 6 aromatic rings. The maximum Gasteiger partial charge on any atom is 0.119 e. The summed E-state index contributed by atoms with van der Waals surface area (Å²) in [5.41, 5.74) is 11.2. The molecule has 44 heavy (non-hydrogen) atoms. The Labute approximate surface area is 260 Å². The third-order valence-electron chi connectivity index (χ3n) is 7.90. The number of methoxy groups -OCH3 is 2. The van der Waals surface area contributed by atoms with Crippen LogP contribution in [0.3, 0.4) is 0 Å². The Morgan fingerprint density at radius 2 is 0.727 bits per heavy atom. The molecule has 0 radical (unpaired) electrons. The molecule has 0 unspecified atom stereocenters. The fourth-order valence-electron chi connectivity index (χ4n) is 5.63. The third-order valence-corrected chi connectivity index (χ3v) is 7.90. The molecule has 0 fully saturated rings. The Balaban J connectivity index is 1.33. The van der Waals surface area contributed by atoms with E-state index < -0.39 is 0 Å². The highest BCUT2D eigenvalue weighted by atomic mass is 16.5. The van der Waals surface area contributed by atoms with Gasteiger partial charge in [-0.1, -0.05) is 60.7 Å². The number of anilines is 6. The van der Waals surface area contributed by atoms with Gasteiger partial charge in [0.25, 0.3) is 0 Å². The predicted octanol–water partition coefficient (Wildman–Crippen LogP) is 10.9. The standard InChI is InChI=1S/C40H36N2O2/c1-29-27-37(43-3)23-25-39(29)41(33-11-7-5-8-12-33)35-19-15-31(16-20-35)32-17-21-36(22-18-32)42(34-13-9-6-10-14-34)40-26-24-38(44-4)28-30(40)2/h5-28H,1-4H3. The Hall–Kier alpha value is -5.48. The van der Waals surface area contributed by atoms with Gasteiger partial charge in [0.15, 0.2) is 0 Å². The number of hydrogen-bond acceptors (Lipinski definition) is 4. The van der Waals surface area contributed by atoms with Crippen molar-refractivity contribution in [3.63, 3.8) is 0 Å². The number of rotatable bonds is 9. The number of benzene rings is 6. The van der Waals surface area contributed by atoms with E-state index in [0.29, 0.717) is 0 Å². The first-order valence-corrected chi connectivity index (χ1v) is 14.8. The number of ether oxygens (including phenoxy) is 2. The molecule has 0 bridgehead atoms. The van der Waals surface area contributed by atoms with Crippen molar-refractivity contribution in [3.8, 4) is 22.6 Å². The lowest BCUT2D eigenvalue weighted by molar-refractivity contribution is 0.414. The molecule has 0 aliphatic carbocycles. The lowest BCUT2D eigenvalue weighted by Gasteiger charge is -2.28. The summed E-state index contributed by atoms with van der Waals surface area (Å²) in [7, 11) is 3.40. The summed E-state index contributed by atoms with van der Waals surface area (Å²) < 4.78 is 10.9. The van der Waals surface area contributed by atoms with E-state index in [2.05, 4.69) is 145 Å². The van der Waals surface area contributed by atoms with E-state index in [1.807, 2.05) is 24.3 Å². The monoisotopic (exact) mass is 576 g/mol. The second-order valence-electron chi connectivity index (χ2n) is 10.7. The number of aryl methyl sites for hydroxylation is 2. The molecule has 0 aliphatic rings. The van der Waals surface area contributed by atoms with Crippen molar-refractivity contribution < 1.29 is 9.47 Å². The second kappa shape index (κ2) is 12.8. The van der Waals surface area contributed by atoms with Crippen molar-refractivity contribution in [2.45, 2.75) is 13.8 Å². The molecular weight excluding hydrogens is 540 g/mol. The van der Waals surface area contributed by atoms with Crippen LogP contribution in [0.2, 0.25) is 0 Å². The van der Waals surface area contributed by atoms with Crippen LogP contribution >= 0.6 is 0 Å². The highest BCUT2D eigenvalue weighted by Crippen LogP contribution is 2.40. The lowest BCUT2D eigenvalue weighted by atomic mass is 10.0. The predicted molar refractivity (Wildman–Crippen MR) is 184 cm³/mol. The van der Waals surface area contributed by atoms with Crippen molar-refractivity contribution in [1.29, 1.82) is 0 Å². The SMILES string of the molecule is COc1ccc(N(c2ccccc2)c2ccc(-c3ccc(N(c4ccccc4)c4ccc(OC)cc4C)cc3)cc2)c(C)c1. The van der Waals surface area contributed by atoms with E-state index in [0.717, 1.165) is 67.9 Å². The lowest BCUT2D eigenvalue weighted by Crippen LogP contribution is -2.11. The summed E-state index contributed by atoms with van der Waals surface area (Å²) >= 11 is 0. The maximum atomic E-state index is 5.47. The summed E-state index contributed by atoms with van der Waals surface area (Å²) in [6.45, 7) is 4.24. The molecule has 0 N–H and O–H groups in total. The highest BCUT2D eigenvalue weighted by molar-refractivity contribution is 5.82. The Morgan fingerprint density at radius 1 is 0.386 bits per heavy atom. The average molecular weight is 577 g/mol.